The second-order valence-corrected chi connectivity index (χ2v) is 10.6. The molecule has 0 saturated carbocycles. The number of nitrogens with one attached hydrogen (secondary N) is 1. The van der Waals surface area contributed by atoms with Gasteiger partial charge in [-0.25, -0.2) is 0 Å². The number of amides is 2. The van der Waals surface area contributed by atoms with E-state index in [2.05, 4.69) is 5.32 Å². The van der Waals surface area contributed by atoms with Crippen molar-refractivity contribution in [3.8, 4) is 0 Å². The van der Waals surface area contributed by atoms with Crippen LogP contribution < -0.4 is 5.32 Å². The molecule has 0 unspecified atom stereocenters. The number of halogens is 3. The van der Waals surface area contributed by atoms with Gasteiger partial charge < -0.3 is 10.2 Å². The van der Waals surface area contributed by atoms with Crippen molar-refractivity contribution in [3.05, 3.63) is 63.1 Å². The summed E-state index contributed by atoms with van der Waals surface area (Å²) >= 11 is 20.4. The second kappa shape index (κ2) is 14.1. The van der Waals surface area contributed by atoms with Gasteiger partial charge in [-0.2, -0.15) is 0 Å². The van der Waals surface area contributed by atoms with Crippen LogP contribution in [0.25, 0.3) is 0 Å². The largest absolute Gasteiger partial charge is 0.354 e. The third kappa shape index (κ3) is 9.05. The van der Waals surface area contributed by atoms with E-state index in [0.717, 1.165) is 10.6 Å². The van der Waals surface area contributed by atoms with Crippen molar-refractivity contribution in [1.82, 2.24) is 10.2 Å². The number of hydrogen-bond acceptors (Lipinski definition) is 3. The van der Waals surface area contributed by atoms with E-state index in [1.165, 1.54) is 0 Å². The van der Waals surface area contributed by atoms with E-state index in [4.69, 9.17) is 34.8 Å². The van der Waals surface area contributed by atoms with Crippen LogP contribution >= 0.6 is 46.6 Å². The quantitative estimate of drug-likeness (QED) is 0.236. The van der Waals surface area contributed by atoms with Crippen LogP contribution in [0.1, 0.15) is 45.6 Å². The number of carbonyl (C=O) groups excluding carboxylic acids is 2. The first-order valence-electron chi connectivity index (χ1n) is 11.1. The number of carbonyl (C=O) groups is 2. The SMILES string of the molecule is CC[C@@H](C(=O)NCC(C)C)N(Cc1c(Cl)cccc1Cl)C(=O)CCCSc1ccc(Cl)cc1. The zero-order valence-corrected chi connectivity index (χ0v) is 22.3. The minimum atomic E-state index is -0.590. The van der Waals surface area contributed by atoms with Gasteiger partial charge in [0, 0.05) is 45.0 Å². The molecule has 2 aromatic carbocycles. The summed E-state index contributed by atoms with van der Waals surface area (Å²) in [5.41, 5.74) is 0.653. The van der Waals surface area contributed by atoms with Crippen LogP contribution in [0.4, 0.5) is 0 Å². The van der Waals surface area contributed by atoms with Crippen molar-refractivity contribution < 1.29 is 9.59 Å². The standard InChI is InChI=1S/C25H31Cl3N2O2S/c1-4-23(25(32)29-15-17(2)3)30(16-20-21(27)7-5-8-22(20)28)24(31)9-6-14-33-19-12-10-18(26)11-13-19/h5,7-8,10-13,17,23H,4,6,9,14-16H2,1-3H3,(H,29,32)/t23-/m0/s1. The molecule has 2 rings (SSSR count). The van der Waals surface area contributed by atoms with E-state index < -0.39 is 6.04 Å². The highest BCUT2D eigenvalue weighted by Crippen LogP contribution is 2.28. The fourth-order valence-corrected chi connectivity index (χ4v) is 4.78. The summed E-state index contributed by atoms with van der Waals surface area (Å²) in [6.45, 7) is 6.72. The highest BCUT2D eigenvalue weighted by molar-refractivity contribution is 7.99. The summed E-state index contributed by atoms with van der Waals surface area (Å²) in [5, 5.41) is 4.63. The van der Waals surface area contributed by atoms with Crippen molar-refractivity contribution in [2.75, 3.05) is 12.3 Å². The molecule has 0 heterocycles. The number of rotatable bonds is 12. The molecule has 0 fully saturated rings. The van der Waals surface area contributed by atoms with E-state index in [1.54, 1.807) is 34.9 Å². The molecule has 0 saturated heterocycles. The van der Waals surface area contributed by atoms with Crippen LogP contribution in [0.5, 0.6) is 0 Å². The Morgan fingerprint density at radius 2 is 1.67 bits per heavy atom. The first-order valence-corrected chi connectivity index (χ1v) is 13.2. The lowest BCUT2D eigenvalue weighted by Gasteiger charge is -2.31. The lowest BCUT2D eigenvalue weighted by atomic mass is 10.1. The number of hydrogen-bond donors (Lipinski definition) is 1. The van der Waals surface area contributed by atoms with Gasteiger partial charge in [0.15, 0.2) is 0 Å². The zero-order valence-electron chi connectivity index (χ0n) is 19.2. The molecular weight excluding hydrogens is 499 g/mol. The van der Waals surface area contributed by atoms with Crippen LogP contribution in [-0.4, -0.2) is 35.1 Å². The normalized spacial score (nSPS) is 12.0. The molecule has 2 amide bonds. The fraction of sp³-hybridized carbons (Fsp3) is 0.440. The molecule has 0 radical (unpaired) electrons. The Hall–Kier alpha value is -1.40. The van der Waals surface area contributed by atoms with Crippen LogP contribution in [0.15, 0.2) is 47.4 Å². The van der Waals surface area contributed by atoms with Crippen LogP contribution in [0.2, 0.25) is 15.1 Å². The summed E-state index contributed by atoms with van der Waals surface area (Å²) in [4.78, 5) is 29.0. The van der Waals surface area contributed by atoms with Gasteiger partial charge in [-0.15, -0.1) is 11.8 Å². The molecule has 33 heavy (non-hydrogen) atoms. The summed E-state index contributed by atoms with van der Waals surface area (Å²) in [7, 11) is 0. The third-order valence-corrected chi connectivity index (χ3v) is 7.14. The molecule has 0 spiro atoms. The molecule has 1 atom stereocenters. The molecule has 0 aliphatic rings. The lowest BCUT2D eigenvalue weighted by molar-refractivity contribution is -0.141. The number of thioether (sulfide) groups is 1. The van der Waals surface area contributed by atoms with Crippen LogP contribution in [0, 0.1) is 5.92 Å². The first-order chi connectivity index (χ1) is 15.7. The monoisotopic (exact) mass is 528 g/mol. The summed E-state index contributed by atoms with van der Waals surface area (Å²) in [6, 6.07) is 12.3. The number of benzene rings is 2. The van der Waals surface area contributed by atoms with Gasteiger partial charge in [0.2, 0.25) is 11.8 Å². The Labute approximate surface area is 216 Å². The Balaban J connectivity index is 2.11. The van der Waals surface area contributed by atoms with Gasteiger partial charge in [0.25, 0.3) is 0 Å². The van der Waals surface area contributed by atoms with Crippen molar-refractivity contribution in [3.63, 3.8) is 0 Å². The summed E-state index contributed by atoms with van der Waals surface area (Å²) < 4.78 is 0. The molecule has 180 valence electrons. The van der Waals surface area contributed by atoms with E-state index in [0.29, 0.717) is 52.4 Å². The molecular formula is C25H31Cl3N2O2S. The second-order valence-electron chi connectivity index (χ2n) is 8.19. The van der Waals surface area contributed by atoms with Gasteiger partial charge in [-0.1, -0.05) is 61.6 Å². The molecule has 4 nitrogen and oxygen atoms in total. The average molecular weight is 530 g/mol. The smallest absolute Gasteiger partial charge is 0.242 e. The minimum absolute atomic E-state index is 0.0887. The zero-order chi connectivity index (χ0) is 24.4. The summed E-state index contributed by atoms with van der Waals surface area (Å²) in [5.74, 6) is 0.857. The molecule has 0 bridgehead atoms. The van der Waals surface area contributed by atoms with Crippen molar-refractivity contribution in [1.29, 1.82) is 0 Å². The van der Waals surface area contributed by atoms with Crippen molar-refractivity contribution >= 4 is 58.4 Å². The van der Waals surface area contributed by atoms with E-state index in [9.17, 15) is 9.59 Å². The molecule has 2 aromatic rings. The maximum Gasteiger partial charge on any atom is 0.242 e. The van der Waals surface area contributed by atoms with Crippen LogP contribution in [0.3, 0.4) is 0 Å². The first kappa shape index (κ1) is 27.8. The van der Waals surface area contributed by atoms with Crippen molar-refractivity contribution in [2.24, 2.45) is 5.92 Å². The minimum Gasteiger partial charge on any atom is -0.354 e. The van der Waals surface area contributed by atoms with Gasteiger partial charge in [0.05, 0.1) is 0 Å². The molecule has 0 aliphatic carbocycles. The Kier molecular flexibility index (Phi) is 11.9. The lowest BCUT2D eigenvalue weighted by Crippen LogP contribution is -2.49. The van der Waals surface area contributed by atoms with E-state index >= 15 is 0 Å². The Morgan fingerprint density at radius 1 is 1.03 bits per heavy atom. The molecule has 8 heteroatoms. The van der Waals surface area contributed by atoms with Gasteiger partial charge in [-0.3, -0.25) is 9.59 Å². The van der Waals surface area contributed by atoms with E-state index in [1.807, 2.05) is 45.0 Å². The highest BCUT2D eigenvalue weighted by atomic mass is 35.5. The predicted molar refractivity (Wildman–Crippen MR) is 140 cm³/mol. The molecule has 1 N–H and O–H groups in total. The van der Waals surface area contributed by atoms with Gasteiger partial charge >= 0.3 is 0 Å². The fourth-order valence-electron chi connectivity index (χ4n) is 3.28. The van der Waals surface area contributed by atoms with Crippen LogP contribution in [-0.2, 0) is 16.1 Å². The van der Waals surface area contributed by atoms with Gasteiger partial charge in [0.1, 0.15) is 6.04 Å². The highest BCUT2D eigenvalue weighted by Gasteiger charge is 2.29. The predicted octanol–water partition coefficient (Wildman–Crippen LogP) is 7.10. The number of nitrogens with zero attached hydrogens (tertiary/aromatic N) is 1. The molecule has 0 aromatic heterocycles. The van der Waals surface area contributed by atoms with Gasteiger partial charge in [-0.05, 0) is 60.9 Å². The maximum atomic E-state index is 13.3. The molecule has 0 aliphatic heterocycles. The Morgan fingerprint density at radius 3 is 2.24 bits per heavy atom. The van der Waals surface area contributed by atoms with E-state index in [-0.39, 0.29) is 18.4 Å². The van der Waals surface area contributed by atoms with Crippen molar-refractivity contribution in [2.45, 2.75) is 57.5 Å². The Bertz CT molecular complexity index is 902. The average Bonchev–Trinajstić information content (AvgIpc) is 2.78. The summed E-state index contributed by atoms with van der Waals surface area (Å²) in [6.07, 6.45) is 1.51. The maximum absolute atomic E-state index is 13.3. The third-order valence-electron chi connectivity index (χ3n) is 5.08. The topological polar surface area (TPSA) is 49.4 Å².